The topological polar surface area (TPSA) is 149 Å². The number of hydrogen-bond donors (Lipinski definition) is 1. The van der Waals surface area contributed by atoms with E-state index in [1.165, 1.54) is 12.7 Å². The van der Waals surface area contributed by atoms with Gasteiger partial charge in [-0.05, 0) is 5.92 Å². The van der Waals surface area contributed by atoms with Gasteiger partial charge in [0.15, 0.2) is 29.8 Å². The number of nitrogens with zero attached hydrogens (tertiary/aromatic N) is 4. The lowest BCUT2D eigenvalue weighted by Gasteiger charge is -2.17. The maximum atomic E-state index is 12.2. The molecule has 1 saturated heterocycles. The predicted octanol–water partition coefficient (Wildman–Crippen LogP) is 0.878. The van der Waals surface area contributed by atoms with Crippen molar-refractivity contribution in [3.63, 3.8) is 0 Å². The first-order chi connectivity index (χ1) is 13.7. The molecule has 0 unspecified atom stereocenters. The molecule has 4 atom stereocenters. The monoisotopic (exact) mass is 427 g/mol. The first-order valence-corrected chi connectivity index (χ1v) is 10.9. The van der Waals surface area contributed by atoms with Gasteiger partial charge in [0, 0.05) is 5.92 Å². The molecule has 0 aliphatic carbocycles. The standard InChI is InChI=1S/C17H25N5O6S/c1-4-10(2)11(3)12(23)7-29(24,25)27-6-14-26-5-13(28-14)22-9-21-15-16(18)19-8-20-17(15)22/h8-11,13-14H,4-7H2,1-3H3,(H2,18,19,20)/t10-,11-,13+,14+/m0/s1. The molecule has 0 spiro atoms. The van der Waals surface area contributed by atoms with Crippen molar-refractivity contribution in [1.82, 2.24) is 19.5 Å². The molecule has 160 valence electrons. The van der Waals surface area contributed by atoms with Crippen LogP contribution in [0.1, 0.15) is 33.4 Å². The smallest absolute Gasteiger partial charge is 0.274 e. The molecule has 0 aromatic carbocycles. The summed E-state index contributed by atoms with van der Waals surface area (Å²) >= 11 is 0. The van der Waals surface area contributed by atoms with Gasteiger partial charge in [0.25, 0.3) is 10.1 Å². The Labute approximate surface area is 168 Å². The highest BCUT2D eigenvalue weighted by Gasteiger charge is 2.32. The Morgan fingerprint density at radius 3 is 2.86 bits per heavy atom. The second-order valence-electron chi connectivity index (χ2n) is 7.06. The highest BCUT2D eigenvalue weighted by atomic mass is 32.2. The molecule has 1 fully saturated rings. The number of rotatable bonds is 9. The molecule has 3 rings (SSSR count). The van der Waals surface area contributed by atoms with Gasteiger partial charge in [-0.15, -0.1) is 0 Å². The highest BCUT2D eigenvalue weighted by Crippen LogP contribution is 2.26. The van der Waals surface area contributed by atoms with Crippen LogP contribution in [-0.4, -0.2) is 59.0 Å². The average molecular weight is 427 g/mol. The molecule has 0 saturated carbocycles. The summed E-state index contributed by atoms with van der Waals surface area (Å²) in [5, 5.41) is 0. The number of nitrogen functional groups attached to an aromatic ring is 1. The van der Waals surface area contributed by atoms with Crippen molar-refractivity contribution in [2.24, 2.45) is 11.8 Å². The van der Waals surface area contributed by atoms with Crippen molar-refractivity contribution in [2.45, 2.75) is 39.7 Å². The van der Waals surface area contributed by atoms with Crippen LogP contribution in [0.5, 0.6) is 0 Å². The number of ether oxygens (including phenoxy) is 2. The van der Waals surface area contributed by atoms with Crippen LogP contribution in [0, 0.1) is 11.8 Å². The maximum absolute atomic E-state index is 12.2. The van der Waals surface area contributed by atoms with E-state index in [9.17, 15) is 13.2 Å². The van der Waals surface area contributed by atoms with Gasteiger partial charge >= 0.3 is 0 Å². The number of nitrogens with two attached hydrogens (primary N) is 1. The summed E-state index contributed by atoms with van der Waals surface area (Å²) in [6.45, 7) is 5.38. The second kappa shape index (κ2) is 8.69. The first-order valence-electron chi connectivity index (χ1n) is 9.31. The van der Waals surface area contributed by atoms with Gasteiger partial charge in [0.2, 0.25) is 0 Å². The van der Waals surface area contributed by atoms with Crippen LogP contribution in [0.25, 0.3) is 11.2 Å². The number of fused-ring (bicyclic) bond motifs is 1. The Hall–Kier alpha value is -2.15. The summed E-state index contributed by atoms with van der Waals surface area (Å²) in [4.78, 5) is 24.3. The number of imidazole rings is 1. The number of Topliss-reactive ketones (excluding diaryl/α,β-unsaturated/α-hetero) is 1. The van der Waals surface area contributed by atoms with E-state index in [0.29, 0.717) is 11.2 Å². The zero-order valence-electron chi connectivity index (χ0n) is 16.5. The number of aromatic nitrogens is 4. The third-order valence-electron chi connectivity index (χ3n) is 5.14. The fraction of sp³-hybridized carbons (Fsp3) is 0.647. The van der Waals surface area contributed by atoms with Gasteiger partial charge < -0.3 is 15.2 Å². The van der Waals surface area contributed by atoms with Crippen molar-refractivity contribution in [3.05, 3.63) is 12.7 Å². The number of carbonyl (C=O) groups is 1. The Kier molecular flexibility index (Phi) is 6.46. The second-order valence-corrected chi connectivity index (χ2v) is 8.70. The summed E-state index contributed by atoms with van der Waals surface area (Å²) < 4.78 is 42.0. The van der Waals surface area contributed by atoms with Crippen molar-refractivity contribution < 1.29 is 26.9 Å². The SMILES string of the molecule is CC[C@H](C)[C@H](C)C(=O)CS(=O)(=O)OC[C@@H]1OC[C@H](n2cnc3c(N)ncnc32)O1. The van der Waals surface area contributed by atoms with Crippen LogP contribution in [0.3, 0.4) is 0 Å². The van der Waals surface area contributed by atoms with Crippen molar-refractivity contribution in [3.8, 4) is 0 Å². The molecule has 1 aliphatic rings. The highest BCUT2D eigenvalue weighted by molar-refractivity contribution is 7.87. The van der Waals surface area contributed by atoms with Gasteiger partial charge in [-0.1, -0.05) is 27.2 Å². The summed E-state index contributed by atoms with van der Waals surface area (Å²) in [5.41, 5.74) is 6.68. The molecule has 2 N–H and O–H groups in total. The molecular formula is C17H25N5O6S. The van der Waals surface area contributed by atoms with E-state index >= 15 is 0 Å². The molecule has 0 radical (unpaired) electrons. The van der Waals surface area contributed by atoms with Gasteiger partial charge in [-0.2, -0.15) is 8.42 Å². The van der Waals surface area contributed by atoms with Gasteiger partial charge in [0.05, 0.1) is 12.9 Å². The van der Waals surface area contributed by atoms with Gasteiger partial charge in [0.1, 0.15) is 24.2 Å². The molecule has 11 nitrogen and oxygen atoms in total. The van der Waals surface area contributed by atoms with E-state index in [4.69, 9.17) is 19.4 Å². The zero-order valence-corrected chi connectivity index (χ0v) is 17.3. The van der Waals surface area contributed by atoms with Crippen LogP contribution in [0.2, 0.25) is 0 Å². The van der Waals surface area contributed by atoms with E-state index in [-0.39, 0.29) is 36.7 Å². The third kappa shape index (κ3) is 4.89. The molecule has 0 amide bonds. The number of hydrogen-bond acceptors (Lipinski definition) is 10. The molecule has 1 aliphatic heterocycles. The van der Waals surface area contributed by atoms with Crippen LogP contribution < -0.4 is 5.73 Å². The summed E-state index contributed by atoms with van der Waals surface area (Å²) in [7, 11) is -4.03. The van der Waals surface area contributed by atoms with E-state index in [2.05, 4.69) is 15.0 Å². The van der Waals surface area contributed by atoms with Gasteiger partial charge in [-0.3, -0.25) is 13.5 Å². The number of ketones is 1. The Morgan fingerprint density at radius 1 is 1.38 bits per heavy atom. The molecule has 2 aromatic heterocycles. The molecule has 29 heavy (non-hydrogen) atoms. The van der Waals surface area contributed by atoms with E-state index < -0.39 is 28.4 Å². The molecule has 2 aromatic rings. The van der Waals surface area contributed by atoms with Crippen LogP contribution in [0.4, 0.5) is 5.82 Å². The fourth-order valence-corrected chi connectivity index (χ4v) is 3.95. The Morgan fingerprint density at radius 2 is 2.14 bits per heavy atom. The summed E-state index contributed by atoms with van der Waals surface area (Å²) in [6.07, 6.45) is 2.12. The lowest BCUT2D eigenvalue weighted by atomic mass is 9.91. The maximum Gasteiger partial charge on any atom is 0.274 e. The minimum atomic E-state index is -4.03. The third-order valence-corrected chi connectivity index (χ3v) is 6.27. The minimum Gasteiger partial charge on any atom is -0.382 e. The van der Waals surface area contributed by atoms with Gasteiger partial charge in [-0.25, -0.2) is 15.0 Å². The van der Waals surface area contributed by atoms with E-state index in [1.807, 2.05) is 13.8 Å². The largest absolute Gasteiger partial charge is 0.382 e. The number of anilines is 1. The Balaban J connectivity index is 1.56. The Bertz CT molecular complexity index is 978. The molecule has 12 heteroatoms. The average Bonchev–Trinajstić information content (AvgIpc) is 3.32. The normalized spacial score (nSPS) is 22.0. The molecule has 0 bridgehead atoms. The lowest BCUT2D eigenvalue weighted by molar-refractivity contribution is -0.121. The lowest BCUT2D eigenvalue weighted by Crippen LogP contribution is -2.29. The van der Waals surface area contributed by atoms with Crippen molar-refractivity contribution in [2.75, 3.05) is 24.7 Å². The van der Waals surface area contributed by atoms with Crippen molar-refractivity contribution >= 4 is 32.9 Å². The van der Waals surface area contributed by atoms with Crippen LogP contribution >= 0.6 is 0 Å². The van der Waals surface area contributed by atoms with Crippen LogP contribution in [-0.2, 0) is 28.6 Å². The van der Waals surface area contributed by atoms with Crippen molar-refractivity contribution in [1.29, 1.82) is 0 Å². The zero-order chi connectivity index (χ0) is 21.2. The van der Waals surface area contributed by atoms with E-state index in [0.717, 1.165) is 6.42 Å². The first kappa shape index (κ1) is 21.6. The fourth-order valence-electron chi connectivity index (χ4n) is 2.93. The quantitative estimate of drug-likeness (QED) is 0.571. The summed E-state index contributed by atoms with van der Waals surface area (Å²) in [5.74, 6) is -1.05. The number of carbonyl (C=O) groups excluding carboxylic acids is 1. The molecular weight excluding hydrogens is 402 g/mol. The predicted molar refractivity (Wildman–Crippen MR) is 103 cm³/mol. The minimum absolute atomic E-state index is 0.0998. The van der Waals surface area contributed by atoms with Crippen LogP contribution in [0.15, 0.2) is 12.7 Å². The summed E-state index contributed by atoms with van der Waals surface area (Å²) in [6, 6.07) is 0. The van der Waals surface area contributed by atoms with E-state index in [1.54, 1.807) is 11.5 Å². The molecule has 3 heterocycles.